The first-order chi connectivity index (χ1) is 18.2. The molecule has 5 rings (SSSR count). The van der Waals surface area contributed by atoms with Crippen molar-refractivity contribution in [3.8, 4) is 28.0 Å². The number of hydrogen-bond donors (Lipinski definition) is 0. The number of ether oxygens (including phenoxy) is 2. The largest absolute Gasteiger partial charge is 0.474 e. The Morgan fingerprint density at radius 1 is 0.784 bits per heavy atom. The van der Waals surface area contributed by atoms with Gasteiger partial charge in [0.1, 0.15) is 5.75 Å². The van der Waals surface area contributed by atoms with E-state index < -0.39 is 12.1 Å². The fraction of sp³-hybridized carbons (Fsp3) is 0.182. The first-order valence-corrected chi connectivity index (χ1v) is 13.5. The molecule has 186 valence electrons. The van der Waals surface area contributed by atoms with Crippen molar-refractivity contribution in [1.82, 2.24) is 0 Å². The van der Waals surface area contributed by atoms with Crippen LogP contribution in [0.25, 0.3) is 32.3 Å². The van der Waals surface area contributed by atoms with Gasteiger partial charge in [-0.15, -0.1) is 11.3 Å². The van der Waals surface area contributed by atoms with Crippen molar-refractivity contribution in [3.63, 3.8) is 0 Å². The number of aryl methyl sites for hydroxylation is 1. The summed E-state index contributed by atoms with van der Waals surface area (Å²) in [6, 6.07) is 34.8. The van der Waals surface area contributed by atoms with Gasteiger partial charge in [-0.3, -0.25) is 0 Å². The van der Waals surface area contributed by atoms with Crippen molar-refractivity contribution >= 4 is 27.4 Å². The van der Waals surface area contributed by atoms with E-state index >= 15 is 0 Å². The molecule has 0 saturated heterocycles. The first-order valence-electron chi connectivity index (χ1n) is 12.7. The zero-order valence-corrected chi connectivity index (χ0v) is 22.0. The van der Waals surface area contributed by atoms with Gasteiger partial charge >= 0.3 is 5.97 Å². The molecule has 0 unspecified atom stereocenters. The van der Waals surface area contributed by atoms with E-state index in [0.717, 1.165) is 23.1 Å². The number of esters is 1. The third kappa shape index (κ3) is 5.45. The second-order valence-electron chi connectivity index (χ2n) is 9.03. The van der Waals surface area contributed by atoms with E-state index in [1.807, 2.05) is 65.9 Å². The van der Waals surface area contributed by atoms with Crippen LogP contribution >= 0.6 is 11.3 Å². The molecule has 0 aliphatic heterocycles. The van der Waals surface area contributed by atoms with Crippen LogP contribution in [0.4, 0.5) is 0 Å². The van der Waals surface area contributed by atoms with Gasteiger partial charge in [-0.25, -0.2) is 4.79 Å². The molecule has 4 heteroatoms. The smallest absolute Gasteiger partial charge is 0.351 e. The molecule has 1 heterocycles. The van der Waals surface area contributed by atoms with Gasteiger partial charge in [-0.2, -0.15) is 0 Å². The number of rotatable bonds is 9. The van der Waals surface area contributed by atoms with Gasteiger partial charge in [-0.05, 0) is 47.7 Å². The summed E-state index contributed by atoms with van der Waals surface area (Å²) in [6.45, 7) is 2.25. The summed E-state index contributed by atoms with van der Waals surface area (Å²) in [5, 5.41) is 1.34. The van der Waals surface area contributed by atoms with E-state index in [2.05, 4.69) is 55.5 Å². The lowest BCUT2D eigenvalue weighted by Gasteiger charge is -2.17. The molecule has 0 spiro atoms. The SMILES string of the molecule is CCCCc1sc2ccccc2c1-c1ccc(-c2ccc(O[C@@H](C(=O)OC)c3ccccc3)cc2)cc1. The van der Waals surface area contributed by atoms with E-state index in [-0.39, 0.29) is 0 Å². The molecule has 37 heavy (non-hydrogen) atoms. The normalized spacial score (nSPS) is 11.8. The van der Waals surface area contributed by atoms with Crippen LogP contribution in [0.15, 0.2) is 103 Å². The highest BCUT2D eigenvalue weighted by Gasteiger charge is 2.23. The second kappa shape index (κ2) is 11.4. The Balaban J connectivity index is 1.38. The van der Waals surface area contributed by atoms with Crippen LogP contribution in [-0.4, -0.2) is 13.1 Å². The molecule has 1 atom stereocenters. The first kappa shape index (κ1) is 24.8. The highest BCUT2D eigenvalue weighted by atomic mass is 32.1. The van der Waals surface area contributed by atoms with Crippen LogP contribution in [0.3, 0.4) is 0 Å². The molecule has 0 aliphatic carbocycles. The van der Waals surface area contributed by atoms with Gasteiger partial charge in [0, 0.05) is 26.1 Å². The van der Waals surface area contributed by atoms with Gasteiger partial charge in [-0.1, -0.05) is 98.3 Å². The number of thiophene rings is 1. The van der Waals surface area contributed by atoms with Crippen LogP contribution in [0.2, 0.25) is 0 Å². The number of hydrogen-bond acceptors (Lipinski definition) is 4. The highest BCUT2D eigenvalue weighted by molar-refractivity contribution is 7.19. The molecular weight excluding hydrogens is 476 g/mol. The molecule has 5 aromatic rings. The molecule has 0 amide bonds. The van der Waals surface area contributed by atoms with Gasteiger partial charge in [0.05, 0.1) is 7.11 Å². The minimum atomic E-state index is -0.807. The highest BCUT2D eigenvalue weighted by Crippen LogP contribution is 2.40. The van der Waals surface area contributed by atoms with E-state index in [1.165, 1.54) is 46.0 Å². The van der Waals surface area contributed by atoms with Gasteiger partial charge in [0.2, 0.25) is 6.10 Å². The molecule has 0 N–H and O–H groups in total. The Morgan fingerprint density at radius 3 is 2.08 bits per heavy atom. The van der Waals surface area contributed by atoms with Crippen molar-refractivity contribution in [2.45, 2.75) is 32.3 Å². The topological polar surface area (TPSA) is 35.5 Å². The second-order valence-corrected chi connectivity index (χ2v) is 10.2. The zero-order valence-electron chi connectivity index (χ0n) is 21.1. The minimum absolute atomic E-state index is 0.426. The average Bonchev–Trinajstić information content (AvgIpc) is 3.33. The molecule has 0 saturated carbocycles. The van der Waals surface area contributed by atoms with Crippen LogP contribution in [0, 0.1) is 0 Å². The number of carbonyl (C=O) groups is 1. The van der Waals surface area contributed by atoms with Gasteiger partial charge in [0.25, 0.3) is 0 Å². The van der Waals surface area contributed by atoms with E-state index in [1.54, 1.807) is 0 Å². The Morgan fingerprint density at radius 2 is 1.41 bits per heavy atom. The minimum Gasteiger partial charge on any atom is -0.474 e. The van der Waals surface area contributed by atoms with Crippen LogP contribution < -0.4 is 4.74 Å². The van der Waals surface area contributed by atoms with Crippen LogP contribution in [-0.2, 0) is 16.0 Å². The predicted molar refractivity (Wildman–Crippen MR) is 153 cm³/mol. The standard InChI is InChI=1S/C33H30O3S/c1-3-4-13-30-31(28-12-8-9-14-29(28)37-30)25-17-15-23(16-18-25)24-19-21-27(22-20-24)36-32(33(34)35-2)26-10-6-5-7-11-26/h5-12,14-22,32H,3-4,13H2,1-2H3/t32-/m1/s1. The van der Waals surface area contributed by atoms with E-state index in [4.69, 9.17) is 9.47 Å². The van der Waals surface area contributed by atoms with Crippen LogP contribution in [0.5, 0.6) is 5.75 Å². The maximum atomic E-state index is 12.4. The van der Waals surface area contributed by atoms with E-state index in [9.17, 15) is 4.79 Å². The number of carbonyl (C=O) groups excluding carboxylic acids is 1. The average molecular weight is 507 g/mol. The fourth-order valence-corrected chi connectivity index (χ4v) is 5.87. The fourth-order valence-electron chi connectivity index (χ4n) is 4.60. The Kier molecular flexibility index (Phi) is 7.67. The van der Waals surface area contributed by atoms with Crippen LogP contribution in [0.1, 0.15) is 36.3 Å². The summed E-state index contributed by atoms with van der Waals surface area (Å²) in [5.41, 5.74) is 5.62. The molecule has 3 nitrogen and oxygen atoms in total. The number of fused-ring (bicyclic) bond motifs is 1. The number of methoxy groups -OCH3 is 1. The number of unbranched alkanes of at least 4 members (excludes halogenated alkanes) is 1. The summed E-state index contributed by atoms with van der Waals surface area (Å²) in [4.78, 5) is 13.8. The van der Waals surface area contributed by atoms with Gasteiger partial charge in [0.15, 0.2) is 0 Å². The summed E-state index contributed by atoms with van der Waals surface area (Å²) < 4.78 is 12.3. The van der Waals surface area contributed by atoms with Crippen molar-refractivity contribution in [3.05, 3.63) is 114 Å². The summed E-state index contributed by atoms with van der Waals surface area (Å²) in [5.74, 6) is 0.190. The summed E-state index contributed by atoms with van der Waals surface area (Å²) >= 11 is 1.92. The third-order valence-corrected chi connectivity index (χ3v) is 7.79. The lowest BCUT2D eigenvalue weighted by atomic mass is 9.97. The molecule has 0 radical (unpaired) electrons. The van der Waals surface area contributed by atoms with E-state index in [0.29, 0.717) is 5.75 Å². The lowest BCUT2D eigenvalue weighted by molar-refractivity contribution is -0.149. The predicted octanol–water partition coefficient (Wildman–Crippen LogP) is 8.87. The maximum Gasteiger partial charge on any atom is 0.351 e. The molecule has 0 fully saturated rings. The maximum absolute atomic E-state index is 12.4. The van der Waals surface area contributed by atoms with Crippen molar-refractivity contribution in [2.24, 2.45) is 0 Å². The number of benzene rings is 4. The summed E-state index contributed by atoms with van der Waals surface area (Å²) in [7, 11) is 1.38. The third-order valence-electron chi connectivity index (χ3n) is 6.56. The molecule has 4 aromatic carbocycles. The Labute approximate surface area is 222 Å². The molecular formula is C33H30O3S. The van der Waals surface area contributed by atoms with Crippen molar-refractivity contribution in [1.29, 1.82) is 0 Å². The Bertz CT molecular complexity index is 1470. The summed E-state index contributed by atoms with van der Waals surface area (Å²) in [6.07, 6.45) is 2.70. The lowest BCUT2D eigenvalue weighted by Crippen LogP contribution is -2.20. The Hall–Kier alpha value is -3.89. The van der Waals surface area contributed by atoms with Gasteiger partial charge < -0.3 is 9.47 Å². The molecule has 0 bridgehead atoms. The van der Waals surface area contributed by atoms with Crippen molar-refractivity contribution < 1.29 is 14.3 Å². The molecule has 1 aromatic heterocycles. The monoisotopic (exact) mass is 506 g/mol. The van der Waals surface area contributed by atoms with Crippen molar-refractivity contribution in [2.75, 3.05) is 7.11 Å². The zero-order chi connectivity index (χ0) is 25.6. The molecule has 0 aliphatic rings. The quantitative estimate of drug-likeness (QED) is 0.187.